The van der Waals surface area contributed by atoms with E-state index >= 15 is 0 Å². The van der Waals surface area contributed by atoms with E-state index in [2.05, 4.69) is 13.8 Å². The predicted octanol–water partition coefficient (Wildman–Crippen LogP) is 0.995. The third-order valence-electron chi connectivity index (χ3n) is 1.09. The van der Waals surface area contributed by atoms with Gasteiger partial charge >= 0.3 is 0 Å². The zero-order valence-electron chi connectivity index (χ0n) is 4.55. The van der Waals surface area contributed by atoms with Gasteiger partial charge in [0.25, 0.3) is 0 Å². The third-order valence-corrected chi connectivity index (χ3v) is 1.09. The topological polar surface area (TPSA) is 12.5 Å². The first-order valence-electron chi connectivity index (χ1n) is 2.33. The molecule has 0 saturated carbocycles. The average molecular weight is 174 g/mol. The fourth-order valence-electron chi connectivity index (χ4n) is 0.538. The van der Waals surface area contributed by atoms with Gasteiger partial charge in [0.15, 0.2) is 0 Å². The minimum absolute atomic E-state index is 0. The largest absolute Gasteiger partial charge is 0.405 e. The van der Waals surface area contributed by atoms with Crippen LogP contribution in [-0.4, -0.2) is 12.2 Å². The summed E-state index contributed by atoms with van der Waals surface area (Å²) in [6.07, 6.45) is 1.92. The van der Waals surface area contributed by atoms with Gasteiger partial charge in [0.05, 0.1) is 6.10 Å². The Kier molecular flexibility index (Phi) is 3.64. The van der Waals surface area contributed by atoms with Crippen LogP contribution < -0.4 is 0 Å². The van der Waals surface area contributed by atoms with Crippen LogP contribution in [0.5, 0.6) is 0 Å². The molecule has 0 aromatic rings. The Morgan fingerprint density at radius 3 is 2.14 bits per heavy atom. The SMILES string of the molecule is [CH2-]C1OC1CC.[Y]. The second-order valence-corrected chi connectivity index (χ2v) is 1.62. The molecule has 39 valence electrons. The van der Waals surface area contributed by atoms with E-state index in [1.807, 2.05) is 0 Å². The number of hydrogen-bond donors (Lipinski definition) is 0. The molecular weight excluding hydrogens is 165 g/mol. The van der Waals surface area contributed by atoms with E-state index in [4.69, 9.17) is 4.74 Å². The molecule has 1 aliphatic rings. The van der Waals surface area contributed by atoms with Crippen LogP contribution in [0.2, 0.25) is 0 Å². The molecule has 2 atom stereocenters. The van der Waals surface area contributed by atoms with Crippen molar-refractivity contribution >= 4 is 0 Å². The van der Waals surface area contributed by atoms with Crippen molar-refractivity contribution in [3.8, 4) is 0 Å². The van der Waals surface area contributed by atoms with E-state index in [-0.39, 0.29) is 32.7 Å². The zero-order valence-corrected chi connectivity index (χ0v) is 7.39. The van der Waals surface area contributed by atoms with E-state index in [0.29, 0.717) is 12.2 Å². The van der Waals surface area contributed by atoms with Gasteiger partial charge in [0, 0.05) is 32.7 Å². The molecule has 1 rings (SSSR count). The van der Waals surface area contributed by atoms with Crippen LogP contribution in [0, 0.1) is 6.92 Å². The van der Waals surface area contributed by atoms with E-state index in [1.165, 1.54) is 0 Å². The fraction of sp³-hybridized carbons (Fsp3) is 0.800. The Balaban J connectivity index is 0.000000360. The van der Waals surface area contributed by atoms with Crippen molar-refractivity contribution in [2.75, 3.05) is 0 Å². The number of ether oxygens (including phenoxy) is 1. The summed E-state index contributed by atoms with van der Waals surface area (Å²) in [6.45, 7) is 5.79. The van der Waals surface area contributed by atoms with E-state index in [9.17, 15) is 0 Å². The van der Waals surface area contributed by atoms with Gasteiger partial charge in [-0.05, 0) is 12.5 Å². The summed E-state index contributed by atoms with van der Waals surface area (Å²) in [5.41, 5.74) is 0. The van der Waals surface area contributed by atoms with Crippen LogP contribution >= 0.6 is 0 Å². The first kappa shape index (κ1) is 8.06. The smallest absolute Gasteiger partial charge is 0.0521 e. The quantitative estimate of drug-likeness (QED) is 0.426. The first-order valence-corrected chi connectivity index (χ1v) is 2.33. The van der Waals surface area contributed by atoms with Gasteiger partial charge < -0.3 is 11.7 Å². The van der Waals surface area contributed by atoms with Gasteiger partial charge in [-0.25, -0.2) is 0 Å². The van der Waals surface area contributed by atoms with Gasteiger partial charge in [-0.15, -0.1) is 0 Å². The van der Waals surface area contributed by atoms with E-state index in [0.717, 1.165) is 6.42 Å². The molecule has 0 spiro atoms. The standard InChI is InChI=1S/C5H9O.Y/c1-3-5-4(2)6-5;/h4-5H,2-3H2,1H3;/q-1;. The van der Waals surface area contributed by atoms with Gasteiger partial charge in [0.1, 0.15) is 0 Å². The number of hydrogen-bond acceptors (Lipinski definition) is 1. The maximum absolute atomic E-state index is 4.95. The minimum atomic E-state index is 0. The molecule has 0 bridgehead atoms. The second kappa shape index (κ2) is 3.16. The molecule has 0 amide bonds. The summed E-state index contributed by atoms with van der Waals surface area (Å²) in [5, 5.41) is 0. The predicted molar refractivity (Wildman–Crippen MR) is 24.3 cm³/mol. The normalized spacial score (nSPS) is 36.9. The molecule has 0 aromatic carbocycles. The molecule has 1 saturated heterocycles. The summed E-state index contributed by atoms with van der Waals surface area (Å²) in [5.74, 6) is 0. The summed E-state index contributed by atoms with van der Waals surface area (Å²) in [7, 11) is 0. The van der Waals surface area contributed by atoms with Crippen LogP contribution in [0.15, 0.2) is 0 Å². The van der Waals surface area contributed by atoms with Crippen molar-refractivity contribution in [1.29, 1.82) is 0 Å². The molecule has 2 unspecified atom stereocenters. The molecule has 1 radical (unpaired) electrons. The molecule has 0 aromatic heterocycles. The molecule has 1 nitrogen and oxygen atoms in total. The van der Waals surface area contributed by atoms with Crippen molar-refractivity contribution in [2.24, 2.45) is 0 Å². The fourth-order valence-corrected chi connectivity index (χ4v) is 0.538. The van der Waals surface area contributed by atoms with Crippen molar-refractivity contribution in [1.82, 2.24) is 0 Å². The van der Waals surface area contributed by atoms with Crippen LogP contribution in [0.4, 0.5) is 0 Å². The van der Waals surface area contributed by atoms with Crippen LogP contribution in [-0.2, 0) is 37.4 Å². The Hall–Kier alpha value is 1.06. The van der Waals surface area contributed by atoms with E-state index in [1.54, 1.807) is 0 Å². The average Bonchev–Trinajstić information content (AvgIpc) is 2.19. The van der Waals surface area contributed by atoms with Crippen molar-refractivity contribution < 1.29 is 37.4 Å². The molecular formula is C5H9OY-. The van der Waals surface area contributed by atoms with Crippen molar-refractivity contribution in [3.63, 3.8) is 0 Å². The van der Waals surface area contributed by atoms with Crippen molar-refractivity contribution in [2.45, 2.75) is 25.6 Å². The second-order valence-electron chi connectivity index (χ2n) is 1.62. The summed E-state index contributed by atoms with van der Waals surface area (Å²) in [6, 6.07) is 0. The summed E-state index contributed by atoms with van der Waals surface area (Å²) >= 11 is 0. The van der Waals surface area contributed by atoms with Crippen LogP contribution in [0.3, 0.4) is 0 Å². The number of epoxide rings is 1. The molecule has 1 fully saturated rings. The van der Waals surface area contributed by atoms with Crippen LogP contribution in [0.25, 0.3) is 0 Å². The van der Waals surface area contributed by atoms with Crippen LogP contribution in [0.1, 0.15) is 13.3 Å². The maximum Gasteiger partial charge on any atom is 0.0521 e. The minimum Gasteiger partial charge on any atom is -0.405 e. The molecule has 7 heavy (non-hydrogen) atoms. The summed E-state index contributed by atoms with van der Waals surface area (Å²) in [4.78, 5) is 0. The van der Waals surface area contributed by atoms with Gasteiger partial charge in [-0.1, -0.05) is 6.92 Å². The monoisotopic (exact) mass is 174 g/mol. The molecule has 0 N–H and O–H groups in total. The first-order chi connectivity index (χ1) is 2.84. The molecule has 1 heterocycles. The Morgan fingerprint density at radius 2 is 2.14 bits per heavy atom. The molecule has 2 heteroatoms. The van der Waals surface area contributed by atoms with Gasteiger partial charge in [0.2, 0.25) is 0 Å². The molecule has 0 aliphatic carbocycles. The van der Waals surface area contributed by atoms with Crippen molar-refractivity contribution in [3.05, 3.63) is 6.92 Å². The maximum atomic E-state index is 4.95. The summed E-state index contributed by atoms with van der Waals surface area (Å²) < 4.78 is 4.95. The van der Waals surface area contributed by atoms with E-state index < -0.39 is 0 Å². The Bertz CT molecular complexity index is 54.0. The Morgan fingerprint density at radius 1 is 1.71 bits per heavy atom. The third kappa shape index (κ3) is 2.20. The van der Waals surface area contributed by atoms with Gasteiger partial charge in [-0.3, -0.25) is 0 Å². The Labute approximate surface area is 69.7 Å². The van der Waals surface area contributed by atoms with Gasteiger partial charge in [-0.2, -0.15) is 0 Å². The number of rotatable bonds is 1. The zero-order chi connectivity index (χ0) is 4.57. The molecule has 1 aliphatic heterocycles.